The minimum atomic E-state index is 0.293. The summed E-state index contributed by atoms with van der Waals surface area (Å²) in [5.41, 5.74) is 3.26. The normalized spacial score (nSPS) is 19.9. The topological polar surface area (TPSA) is 3.24 Å². The van der Waals surface area contributed by atoms with E-state index in [1.54, 1.807) is 0 Å². The average Bonchev–Trinajstić information content (AvgIpc) is 2.55. The Bertz CT molecular complexity index is 439. The van der Waals surface area contributed by atoms with Crippen LogP contribution < -0.4 is 0 Å². The highest BCUT2D eigenvalue weighted by Crippen LogP contribution is 2.30. The van der Waals surface area contributed by atoms with Crippen molar-refractivity contribution in [1.29, 1.82) is 0 Å². The highest BCUT2D eigenvalue weighted by atomic mass is 15.1. The fourth-order valence-corrected chi connectivity index (χ4v) is 3.48. The van der Waals surface area contributed by atoms with Crippen LogP contribution in [0.1, 0.15) is 77.3 Å². The standard InChI is InChI=1S/C21H35N/c1-6-21(4,5)20-12-10-19(11-13-20)18(3)17(2)16-22-14-8-7-9-15-22/h10-13,17-18H,6-9,14-16H2,1-5H3. The highest BCUT2D eigenvalue weighted by molar-refractivity contribution is 5.30. The molecule has 1 aromatic rings. The van der Waals surface area contributed by atoms with E-state index in [-0.39, 0.29) is 0 Å². The maximum atomic E-state index is 2.67. The lowest BCUT2D eigenvalue weighted by Crippen LogP contribution is -2.34. The zero-order chi connectivity index (χ0) is 16.2. The van der Waals surface area contributed by atoms with Crippen molar-refractivity contribution in [3.05, 3.63) is 35.4 Å². The molecule has 1 aromatic carbocycles. The molecule has 2 atom stereocenters. The third-order valence-corrected chi connectivity index (χ3v) is 5.95. The Morgan fingerprint density at radius 3 is 2.14 bits per heavy atom. The first kappa shape index (κ1) is 17.5. The van der Waals surface area contributed by atoms with Gasteiger partial charge in [-0.05, 0) is 60.7 Å². The summed E-state index contributed by atoms with van der Waals surface area (Å²) in [6, 6.07) is 9.43. The van der Waals surface area contributed by atoms with Crippen LogP contribution in [0.25, 0.3) is 0 Å². The quantitative estimate of drug-likeness (QED) is 0.661. The van der Waals surface area contributed by atoms with Crippen LogP contribution in [0.15, 0.2) is 24.3 Å². The van der Waals surface area contributed by atoms with Crippen molar-refractivity contribution in [1.82, 2.24) is 4.90 Å². The summed E-state index contributed by atoms with van der Waals surface area (Å²) in [5.74, 6) is 1.36. The van der Waals surface area contributed by atoms with Crippen LogP contribution in [0.3, 0.4) is 0 Å². The van der Waals surface area contributed by atoms with E-state index in [0.29, 0.717) is 11.3 Å². The van der Waals surface area contributed by atoms with Crippen LogP contribution in [0.5, 0.6) is 0 Å². The molecule has 124 valence electrons. The number of hydrogen-bond acceptors (Lipinski definition) is 1. The Hall–Kier alpha value is -0.820. The zero-order valence-corrected chi connectivity index (χ0v) is 15.4. The van der Waals surface area contributed by atoms with Gasteiger partial charge in [-0.3, -0.25) is 0 Å². The van der Waals surface area contributed by atoms with Crippen molar-refractivity contribution in [3.8, 4) is 0 Å². The van der Waals surface area contributed by atoms with Crippen molar-refractivity contribution in [2.24, 2.45) is 5.92 Å². The largest absolute Gasteiger partial charge is 0.303 e. The number of rotatable bonds is 6. The Labute approximate surface area is 138 Å². The summed E-state index contributed by atoms with van der Waals surface area (Å²) in [6.45, 7) is 15.6. The monoisotopic (exact) mass is 301 g/mol. The van der Waals surface area contributed by atoms with Gasteiger partial charge < -0.3 is 4.90 Å². The predicted octanol–water partition coefficient (Wildman–Crippen LogP) is 5.60. The van der Waals surface area contributed by atoms with E-state index in [0.717, 1.165) is 5.92 Å². The fraction of sp³-hybridized carbons (Fsp3) is 0.714. The first-order valence-corrected chi connectivity index (χ1v) is 9.27. The van der Waals surface area contributed by atoms with E-state index in [4.69, 9.17) is 0 Å². The highest BCUT2D eigenvalue weighted by Gasteiger charge is 2.21. The lowest BCUT2D eigenvalue weighted by Gasteiger charge is -2.32. The third-order valence-electron chi connectivity index (χ3n) is 5.95. The first-order valence-electron chi connectivity index (χ1n) is 9.27. The van der Waals surface area contributed by atoms with E-state index >= 15 is 0 Å². The van der Waals surface area contributed by atoms with Crippen molar-refractivity contribution >= 4 is 0 Å². The van der Waals surface area contributed by atoms with Gasteiger partial charge in [0.1, 0.15) is 0 Å². The Morgan fingerprint density at radius 1 is 1.00 bits per heavy atom. The van der Waals surface area contributed by atoms with Gasteiger partial charge in [-0.1, -0.05) is 65.3 Å². The molecule has 1 heteroatoms. The van der Waals surface area contributed by atoms with E-state index < -0.39 is 0 Å². The summed E-state index contributed by atoms with van der Waals surface area (Å²) >= 11 is 0. The lowest BCUT2D eigenvalue weighted by atomic mass is 9.80. The lowest BCUT2D eigenvalue weighted by molar-refractivity contribution is 0.191. The van der Waals surface area contributed by atoms with Crippen LogP contribution in [-0.4, -0.2) is 24.5 Å². The molecule has 2 unspecified atom stereocenters. The van der Waals surface area contributed by atoms with Gasteiger partial charge in [0.05, 0.1) is 0 Å². The SMILES string of the molecule is CCC(C)(C)c1ccc(C(C)C(C)CN2CCCCC2)cc1. The fourth-order valence-electron chi connectivity index (χ4n) is 3.48. The number of likely N-dealkylation sites (tertiary alicyclic amines) is 1. The number of piperidine rings is 1. The summed E-state index contributed by atoms with van der Waals surface area (Å²) in [6.07, 6.45) is 5.40. The van der Waals surface area contributed by atoms with Gasteiger partial charge in [0.15, 0.2) is 0 Å². The van der Waals surface area contributed by atoms with Crippen molar-refractivity contribution in [2.45, 2.75) is 71.6 Å². The molecule has 1 saturated heterocycles. The van der Waals surface area contributed by atoms with Crippen LogP contribution in [0.2, 0.25) is 0 Å². The molecule has 22 heavy (non-hydrogen) atoms. The van der Waals surface area contributed by atoms with Crippen LogP contribution >= 0.6 is 0 Å². The molecule has 0 amide bonds. The predicted molar refractivity (Wildman–Crippen MR) is 97.6 cm³/mol. The van der Waals surface area contributed by atoms with Gasteiger partial charge in [0.2, 0.25) is 0 Å². The van der Waals surface area contributed by atoms with Crippen LogP contribution in [0.4, 0.5) is 0 Å². The summed E-state index contributed by atoms with van der Waals surface area (Å²) in [5, 5.41) is 0. The van der Waals surface area contributed by atoms with Crippen LogP contribution in [-0.2, 0) is 5.41 Å². The smallest absolute Gasteiger partial charge is 0.00128 e. The van der Waals surface area contributed by atoms with Gasteiger partial charge in [-0.15, -0.1) is 0 Å². The Morgan fingerprint density at radius 2 is 1.59 bits per heavy atom. The van der Waals surface area contributed by atoms with E-state index in [2.05, 4.69) is 63.8 Å². The molecule has 0 aromatic heterocycles. The molecule has 1 aliphatic rings. The molecule has 0 radical (unpaired) electrons. The molecule has 0 bridgehead atoms. The van der Waals surface area contributed by atoms with E-state index in [1.165, 1.54) is 56.4 Å². The molecule has 0 aliphatic carbocycles. The third kappa shape index (κ3) is 4.35. The second-order valence-corrected chi connectivity index (χ2v) is 7.99. The van der Waals surface area contributed by atoms with Gasteiger partial charge in [-0.2, -0.15) is 0 Å². The molecule has 1 nitrogen and oxygen atoms in total. The van der Waals surface area contributed by atoms with E-state index in [1.807, 2.05) is 0 Å². The maximum Gasteiger partial charge on any atom is 0.00128 e. The zero-order valence-electron chi connectivity index (χ0n) is 15.4. The molecule has 1 heterocycles. The second kappa shape index (κ2) is 7.64. The summed E-state index contributed by atoms with van der Waals surface area (Å²) in [7, 11) is 0. The summed E-state index contributed by atoms with van der Waals surface area (Å²) < 4.78 is 0. The van der Waals surface area contributed by atoms with Crippen molar-refractivity contribution in [3.63, 3.8) is 0 Å². The maximum absolute atomic E-state index is 2.67. The van der Waals surface area contributed by atoms with Gasteiger partial charge in [0.25, 0.3) is 0 Å². The van der Waals surface area contributed by atoms with Gasteiger partial charge in [0, 0.05) is 6.54 Å². The molecular weight excluding hydrogens is 266 g/mol. The number of nitrogens with zero attached hydrogens (tertiary/aromatic N) is 1. The molecule has 0 N–H and O–H groups in total. The van der Waals surface area contributed by atoms with Crippen molar-refractivity contribution in [2.75, 3.05) is 19.6 Å². The van der Waals surface area contributed by atoms with E-state index in [9.17, 15) is 0 Å². The van der Waals surface area contributed by atoms with Crippen molar-refractivity contribution < 1.29 is 0 Å². The molecule has 1 aliphatic heterocycles. The molecule has 1 fully saturated rings. The van der Waals surface area contributed by atoms with Gasteiger partial charge >= 0.3 is 0 Å². The number of benzene rings is 1. The minimum absolute atomic E-state index is 0.293. The average molecular weight is 302 g/mol. The molecular formula is C21H35N. The molecule has 2 rings (SSSR count). The molecule has 0 saturated carbocycles. The van der Waals surface area contributed by atoms with Gasteiger partial charge in [-0.25, -0.2) is 0 Å². The van der Waals surface area contributed by atoms with Crippen LogP contribution in [0, 0.1) is 5.92 Å². The second-order valence-electron chi connectivity index (χ2n) is 7.99. The minimum Gasteiger partial charge on any atom is -0.303 e. The molecule has 0 spiro atoms. The number of hydrogen-bond donors (Lipinski definition) is 0. The summed E-state index contributed by atoms with van der Waals surface area (Å²) in [4.78, 5) is 2.67. The first-order chi connectivity index (χ1) is 10.4. The Balaban J connectivity index is 1.97. The Kier molecular flexibility index (Phi) is 6.09.